The van der Waals surface area contributed by atoms with Crippen molar-refractivity contribution in [2.24, 2.45) is 0 Å². The van der Waals surface area contributed by atoms with Gasteiger partial charge in [-0.1, -0.05) is 0 Å². The Labute approximate surface area is 157 Å². The van der Waals surface area contributed by atoms with Crippen LogP contribution in [0.3, 0.4) is 0 Å². The van der Waals surface area contributed by atoms with Crippen LogP contribution in [0.1, 0.15) is 6.42 Å². The molecule has 2 N–H and O–H groups in total. The van der Waals surface area contributed by atoms with Gasteiger partial charge in [0.2, 0.25) is 5.91 Å². The van der Waals surface area contributed by atoms with Crippen LogP contribution >= 0.6 is 12.2 Å². The third-order valence-corrected chi connectivity index (χ3v) is 4.39. The van der Waals surface area contributed by atoms with Crippen LogP contribution in [0.2, 0.25) is 0 Å². The number of anilines is 1. The molecule has 1 amide bonds. The molecule has 1 fully saturated rings. The van der Waals surface area contributed by atoms with Crippen LogP contribution in [0.15, 0.2) is 24.3 Å². The van der Waals surface area contributed by atoms with Crippen molar-refractivity contribution in [2.75, 3.05) is 51.7 Å². The molecular formula is C17H23FN4O3S. The minimum atomic E-state index is -0.374. The minimum Gasteiger partial charge on any atom is -0.468 e. The Bertz CT molecular complexity index is 641. The SMILES string of the molecule is COC(=O)CNC(=S)N1CCCN(CC(=O)Nc2ccc(F)cc2)CC1. The monoisotopic (exact) mass is 382 g/mol. The highest BCUT2D eigenvalue weighted by Crippen LogP contribution is 2.09. The first-order valence-corrected chi connectivity index (χ1v) is 8.76. The van der Waals surface area contributed by atoms with Gasteiger partial charge in [-0.15, -0.1) is 0 Å². The van der Waals surface area contributed by atoms with Gasteiger partial charge in [0.15, 0.2) is 5.11 Å². The lowest BCUT2D eigenvalue weighted by molar-refractivity contribution is -0.139. The fourth-order valence-corrected chi connectivity index (χ4v) is 2.86. The fraction of sp³-hybridized carbons (Fsp3) is 0.471. The molecule has 0 saturated carbocycles. The van der Waals surface area contributed by atoms with Gasteiger partial charge in [0.05, 0.1) is 13.7 Å². The van der Waals surface area contributed by atoms with E-state index in [-0.39, 0.29) is 30.8 Å². The molecule has 1 aromatic rings. The van der Waals surface area contributed by atoms with Crippen LogP contribution in [0, 0.1) is 5.82 Å². The van der Waals surface area contributed by atoms with E-state index in [1.165, 1.54) is 31.4 Å². The van der Waals surface area contributed by atoms with Crippen LogP contribution in [-0.4, -0.2) is 73.2 Å². The molecule has 0 atom stereocenters. The third kappa shape index (κ3) is 6.57. The number of nitrogens with zero attached hydrogens (tertiary/aromatic N) is 2. The molecular weight excluding hydrogens is 359 g/mol. The van der Waals surface area contributed by atoms with Crippen molar-refractivity contribution in [1.82, 2.24) is 15.1 Å². The predicted molar refractivity (Wildman–Crippen MR) is 100 cm³/mol. The number of nitrogens with one attached hydrogen (secondary N) is 2. The first kappa shape index (κ1) is 20.1. The Balaban J connectivity index is 1.76. The lowest BCUT2D eigenvalue weighted by Crippen LogP contribution is -2.44. The first-order chi connectivity index (χ1) is 12.5. The predicted octanol–water partition coefficient (Wildman–Crippen LogP) is 0.819. The van der Waals surface area contributed by atoms with Crippen molar-refractivity contribution in [3.63, 3.8) is 0 Å². The van der Waals surface area contributed by atoms with Gasteiger partial charge in [-0.3, -0.25) is 14.5 Å². The Morgan fingerprint density at radius 2 is 1.92 bits per heavy atom. The number of hydrogen-bond donors (Lipinski definition) is 2. The maximum atomic E-state index is 12.9. The van der Waals surface area contributed by atoms with E-state index in [2.05, 4.69) is 15.4 Å². The van der Waals surface area contributed by atoms with Crippen molar-refractivity contribution in [3.05, 3.63) is 30.1 Å². The Kier molecular flexibility index (Phi) is 7.73. The molecule has 9 heteroatoms. The summed E-state index contributed by atoms with van der Waals surface area (Å²) < 4.78 is 17.5. The number of amides is 1. The van der Waals surface area contributed by atoms with Gasteiger partial charge >= 0.3 is 5.97 Å². The summed E-state index contributed by atoms with van der Waals surface area (Å²) in [5, 5.41) is 6.15. The highest BCUT2D eigenvalue weighted by molar-refractivity contribution is 7.80. The van der Waals surface area contributed by atoms with E-state index in [1.54, 1.807) is 0 Å². The van der Waals surface area contributed by atoms with Crippen LogP contribution in [0.4, 0.5) is 10.1 Å². The smallest absolute Gasteiger partial charge is 0.325 e. The number of halogens is 1. The molecule has 0 bridgehead atoms. The maximum Gasteiger partial charge on any atom is 0.325 e. The van der Waals surface area contributed by atoms with Crippen molar-refractivity contribution in [2.45, 2.75) is 6.42 Å². The van der Waals surface area contributed by atoms with E-state index in [0.717, 1.165) is 19.5 Å². The molecule has 7 nitrogen and oxygen atoms in total. The number of carbonyl (C=O) groups is 2. The van der Waals surface area contributed by atoms with Crippen LogP contribution < -0.4 is 10.6 Å². The summed E-state index contributed by atoms with van der Waals surface area (Å²) in [5.41, 5.74) is 0.570. The van der Waals surface area contributed by atoms with Crippen LogP contribution in [0.25, 0.3) is 0 Å². The van der Waals surface area contributed by atoms with Gasteiger partial charge in [0, 0.05) is 31.9 Å². The average molecular weight is 382 g/mol. The average Bonchev–Trinajstić information content (AvgIpc) is 2.87. The molecule has 1 heterocycles. The van der Waals surface area contributed by atoms with Gasteiger partial charge in [-0.05, 0) is 42.9 Å². The van der Waals surface area contributed by atoms with Crippen LogP contribution in [-0.2, 0) is 14.3 Å². The maximum absolute atomic E-state index is 12.9. The molecule has 26 heavy (non-hydrogen) atoms. The highest BCUT2D eigenvalue weighted by Gasteiger charge is 2.19. The summed E-state index contributed by atoms with van der Waals surface area (Å²) in [5.74, 6) is -0.856. The van der Waals surface area contributed by atoms with E-state index in [0.29, 0.717) is 23.9 Å². The molecule has 0 aliphatic carbocycles. The van der Waals surface area contributed by atoms with Gasteiger partial charge in [-0.25, -0.2) is 4.39 Å². The van der Waals surface area contributed by atoms with Gasteiger partial charge < -0.3 is 20.3 Å². The minimum absolute atomic E-state index is 0.0373. The zero-order chi connectivity index (χ0) is 18.9. The number of benzene rings is 1. The van der Waals surface area contributed by atoms with E-state index in [4.69, 9.17) is 12.2 Å². The number of hydrogen-bond acceptors (Lipinski definition) is 5. The molecule has 1 saturated heterocycles. The fourth-order valence-electron chi connectivity index (χ4n) is 2.60. The Morgan fingerprint density at radius 3 is 2.62 bits per heavy atom. The second kappa shape index (κ2) is 10.0. The number of rotatable bonds is 5. The van der Waals surface area contributed by atoms with Crippen molar-refractivity contribution in [1.29, 1.82) is 0 Å². The molecule has 0 aromatic heterocycles. The number of ether oxygens (including phenoxy) is 1. The summed E-state index contributed by atoms with van der Waals surface area (Å²) in [6.07, 6.45) is 0.851. The molecule has 2 rings (SSSR count). The zero-order valence-electron chi connectivity index (χ0n) is 14.7. The van der Waals surface area contributed by atoms with Crippen LogP contribution in [0.5, 0.6) is 0 Å². The van der Waals surface area contributed by atoms with E-state index < -0.39 is 0 Å². The molecule has 0 spiro atoms. The standard InChI is InChI=1S/C17H23FN4O3S/c1-25-16(24)11-19-17(26)22-8-2-7-21(9-10-22)12-15(23)20-14-5-3-13(18)4-6-14/h3-6H,2,7-12H2,1H3,(H,19,26)(H,20,23). The summed E-state index contributed by atoms with van der Waals surface area (Å²) in [7, 11) is 1.33. The first-order valence-electron chi connectivity index (χ1n) is 8.35. The third-order valence-electron chi connectivity index (χ3n) is 3.98. The number of carbonyl (C=O) groups excluding carboxylic acids is 2. The Morgan fingerprint density at radius 1 is 1.19 bits per heavy atom. The summed E-state index contributed by atoms with van der Waals surface area (Å²) in [4.78, 5) is 27.4. The van der Waals surface area contributed by atoms with Gasteiger partial charge in [0.25, 0.3) is 0 Å². The summed E-state index contributed by atoms with van der Waals surface area (Å²) >= 11 is 5.30. The summed E-state index contributed by atoms with van der Waals surface area (Å²) in [6.45, 7) is 3.16. The normalized spacial score (nSPS) is 15.1. The zero-order valence-corrected chi connectivity index (χ0v) is 15.5. The molecule has 142 valence electrons. The summed E-state index contributed by atoms with van der Waals surface area (Å²) in [6, 6.07) is 5.68. The topological polar surface area (TPSA) is 73.9 Å². The van der Waals surface area contributed by atoms with Gasteiger partial charge in [0.1, 0.15) is 12.4 Å². The molecule has 0 radical (unpaired) electrons. The van der Waals surface area contributed by atoms with Crippen molar-refractivity contribution < 1.29 is 18.7 Å². The largest absolute Gasteiger partial charge is 0.468 e. The second-order valence-electron chi connectivity index (χ2n) is 5.91. The number of thiocarbonyl (C=S) groups is 1. The van der Waals surface area contributed by atoms with Crippen molar-refractivity contribution >= 4 is 34.9 Å². The van der Waals surface area contributed by atoms with E-state index >= 15 is 0 Å². The number of esters is 1. The second-order valence-corrected chi connectivity index (χ2v) is 6.29. The number of methoxy groups -OCH3 is 1. The lowest BCUT2D eigenvalue weighted by Gasteiger charge is -2.24. The van der Waals surface area contributed by atoms with Crippen molar-refractivity contribution in [3.8, 4) is 0 Å². The quantitative estimate of drug-likeness (QED) is 0.577. The lowest BCUT2D eigenvalue weighted by atomic mass is 10.3. The molecule has 1 aromatic carbocycles. The molecule has 1 aliphatic rings. The molecule has 0 unspecified atom stereocenters. The van der Waals surface area contributed by atoms with Gasteiger partial charge in [-0.2, -0.15) is 0 Å². The Hall–Kier alpha value is -2.26. The highest BCUT2D eigenvalue weighted by atomic mass is 32.1. The van der Waals surface area contributed by atoms with E-state index in [1.807, 2.05) is 9.80 Å². The van der Waals surface area contributed by atoms with E-state index in [9.17, 15) is 14.0 Å². The molecule has 1 aliphatic heterocycles.